The monoisotopic (exact) mass is 356 g/mol. The predicted molar refractivity (Wildman–Crippen MR) is 97.7 cm³/mol. The number of hydrogen-bond donors (Lipinski definition) is 0. The Labute approximate surface area is 150 Å². The van der Waals surface area contributed by atoms with E-state index in [1.165, 1.54) is 5.56 Å². The Kier molecular flexibility index (Phi) is 5.05. The number of ether oxygens (including phenoxy) is 2. The first kappa shape index (κ1) is 17.0. The van der Waals surface area contributed by atoms with Gasteiger partial charge in [-0.3, -0.25) is 0 Å². The highest BCUT2D eigenvalue weighted by molar-refractivity contribution is 6.50. The largest absolute Gasteiger partial charge is 0.493 e. The van der Waals surface area contributed by atoms with E-state index in [4.69, 9.17) is 25.6 Å². The Morgan fingerprint density at radius 3 is 2.44 bits per heavy atom. The molecule has 3 aromatic rings. The first-order chi connectivity index (χ1) is 12.1. The number of aromatic nitrogens is 2. The fourth-order valence-corrected chi connectivity index (χ4v) is 2.49. The Morgan fingerprint density at radius 1 is 1.04 bits per heavy atom. The van der Waals surface area contributed by atoms with Gasteiger partial charge in [-0.2, -0.15) is 4.98 Å². The number of methoxy groups -OCH3 is 2. The van der Waals surface area contributed by atoms with Crippen molar-refractivity contribution < 1.29 is 14.0 Å². The maximum absolute atomic E-state index is 6.31. The molecular formula is C19H17ClN2O3. The molecule has 0 radical (unpaired) electrons. The highest BCUT2D eigenvalue weighted by Gasteiger charge is 2.14. The third-order valence-corrected chi connectivity index (χ3v) is 3.91. The molecule has 0 N–H and O–H groups in total. The molecular weight excluding hydrogens is 340 g/mol. The third-order valence-electron chi connectivity index (χ3n) is 3.64. The van der Waals surface area contributed by atoms with Gasteiger partial charge < -0.3 is 14.0 Å². The van der Waals surface area contributed by atoms with Crippen molar-refractivity contribution in [3.63, 3.8) is 0 Å². The molecule has 0 aliphatic heterocycles. The predicted octanol–water partition coefficient (Wildman–Crippen LogP) is 4.80. The Bertz CT molecular complexity index is 901. The van der Waals surface area contributed by atoms with Gasteiger partial charge in [-0.25, -0.2) is 0 Å². The number of aryl methyl sites for hydroxylation is 1. The quantitative estimate of drug-likeness (QED) is 0.657. The highest BCUT2D eigenvalue weighted by Crippen LogP contribution is 2.32. The van der Waals surface area contributed by atoms with Gasteiger partial charge in [-0.15, -0.1) is 0 Å². The minimum Gasteiger partial charge on any atom is -0.493 e. The summed E-state index contributed by atoms with van der Waals surface area (Å²) in [5, 5.41) is 4.36. The molecule has 0 spiro atoms. The van der Waals surface area contributed by atoms with E-state index in [-0.39, 0.29) is 5.89 Å². The summed E-state index contributed by atoms with van der Waals surface area (Å²) in [5.41, 5.74) is 2.88. The molecule has 6 heteroatoms. The van der Waals surface area contributed by atoms with Crippen molar-refractivity contribution in [3.05, 3.63) is 59.5 Å². The summed E-state index contributed by atoms with van der Waals surface area (Å²) in [6.45, 7) is 2.03. The van der Waals surface area contributed by atoms with Crippen LogP contribution in [-0.2, 0) is 0 Å². The minimum atomic E-state index is 0.257. The number of benzene rings is 2. The Hall–Kier alpha value is -2.79. The lowest BCUT2D eigenvalue weighted by molar-refractivity contribution is 0.355. The van der Waals surface area contributed by atoms with E-state index < -0.39 is 0 Å². The summed E-state index contributed by atoms with van der Waals surface area (Å²) in [5.74, 6) is 1.90. The first-order valence-electron chi connectivity index (χ1n) is 7.61. The van der Waals surface area contributed by atoms with Gasteiger partial charge in [0.1, 0.15) is 5.03 Å². The Morgan fingerprint density at radius 2 is 1.76 bits per heavy atom. The standard InChI is InChI=1S/C19H17ClN2O3/c1-12-4-6-13(7-5-12)10-15(20)19-21-18(22-25-19)14-8-9-16(23-2)17(11-14)24-3/h4-11H,1-3H3/b15-10-. The summed E-state index contributed by atoms with van der Waals surface area (Å²) in [7, 11) is 3.16. The van der Waals surface area contributed by atoms with Crippen molar-refractivity contribution in [2.45, 2.75) is 6.92 Å². The number of halogens is 1. The topological polar surface area (TPSA) is 57.4 Å². The SMILES string of the molecule is COc1ccc(-c2noc(/C(Cl)=C/c3ccc(C)cc3)n2)cc1OC. The lowest BCUT2D eigenvalue weighted by atomic mass is 10.1. The maximum Gasteiger partial charge on any atom is 0.269 e. The second-order valence-electron chi connectivity index (χ2n) is 5.40. The second-order valence-corrected chi connectivity index (χ2v) is 5.80. The van der Waals surface area contributed by atoms with Crippen molar-refractivity contribution in [1.82, 2.24) is 10.1 Å². The van der Waals surface area contributed by atoms with Crippen LogP contribution in [0.25, 0.3) is 22.5 Å². The van der Waals surface area contributed by atoms with Gasteiger partial charge in [0.05, 0.1) is 14.2 Å². The van der Waals surface area contributed by atoms with Gasteiger partial charge in [-0.05, 0) is 36.8 Å². The molecule has 25 heavy (non-hydrogen) atoms. The molecule has 5 nitrogen and oxygen atoms in total. The van der Waals surface area contributed by atoms with Crippen molar-refractivity contribution in [2.24, 2.45) is 0 Å². The molecule has 128 valence electrons. The molecule has 0 atom stereocenters. The first-order valence-corrected chi connectivity index (χ1v) is 7.99. The molecule has 0 aliphatic carbocycles. The molecule has 0 saturated carbocycles. The highest BCUT2D eigenvalue weighted by atomic mass is 35.5. The van der Waals surface area contributed by atoms with E-state index in [1.807, 2.05) is 37.3 Å². The van der Waals surface area contributed by atoms with E-state index in [0.29, 0.717) is 22.4 Å². The van der Waals surface area contributed by atoms with Crippen molar-refractivity contribution in [2.75, 3.05) is 14.2 Å². The minimum absolute atomic E-state index is 0.257. The zero-order chi connectivity index (χ0) is 17.8. The van der Waals surface area contributed by atoms with Crippen LogP contribution in [0, 0.1) is 6.92 Å². The number of rotatable bonds is 5. The lowest BCUT2D eigenvalue weighted by Gasteiger charge is -2.07. The summed E-state index contributed by atoms with van der Waals surface area (Å²) in [4.78, 5) is 4.35. The van der Waals surface area contributed by atoms with Gasteiger partial charge in [0, 0.05) is 5.56 Å². The van der Waals surface area contributed by atoms with E-state index in [0.717, 1.165) is 11.1 Å². The van der Waals surface area contributed by atoms with Crippen LogP contribution in [0.5, 0.6) is 11.5 Å². The normalized spacial score (nSPS) is 11.4. The number of hydrogen-bond acceptors (Lipinski definition) is 5. The van der Waals surface area contributed by atoms with Crippen molar-refractivity contribution in [3.8, 4) is 22.9 Å². The second kappa shape index (κ2) is 7.40. The summed E-state index contributed by atoms with van der Waals surface area (Å²) < 4.78 is 15.8. The van der Waals surface area contributed by atoms with Crippen LogP contribution >= 0.6 is 11.6 Å². The van der Waals surface area contributed by atoms with Gasteiger partial charge in [0.2, 0.25) is 5.82 Å². The fraction of sp³-hybridized carbons (Fsp3) is 0.158. The van der Waals surface area contributed by atoms with Crippen LogP contribution in [0.3, 0.4) is 0 Å². The molecule has 2 aromatic carbocycles. The summed E-state index contributed by atoms with van der Waals surface area (Å²) >= 11 is 6.31. The molecule has 0 saturated heterocycles. The van der Waals surface area contributed by atoms with Crippen LogP contribution in [0.4, 0.5) is 0 Å². The molecule has 0 bridgehead atoms. The van der Waals surface area contributed by atoms with E-state index >= 15 is 0 Å². The lowest BCUT2D eigenvalue weighted by Crippen LogP contribution is -1.91. The average molecular weight is 357 g/mol. The van der Waals surface area contributed by atoms with Gasteiger partial charge in [-0.1, -0.05) is 46.6 Å². The molecule has 0 amide bonds. The van der Waals surface area contributed by atoms with Gasteiger partial charge >= 0.3 is 0 Å². The van der Waals surface area contributed by atoms with Crippen LogP contribution in [0.1, 0.15) is 17.0 Å². The Balaban J connectivity index is 1.88. The third kappa shape index (κ3) is 3.83. The van der Waals surface area contributed by atoms with Crippen molar-refractivity contribution in [1.29, 1.82) is 0 Å². The number of nitrogens with zero attached hydrogens (tertiary/aromatic N) is 2. The molecule has 1 heterocycles. The van der Waals surface area contributed by atoms with Gasteiger partial charge in [0.25, 0.3) is 5.89 Å². The summed E-state index contributed by atoms with van der Waals surface area (Å²) in [6.07, 6.45) is 1.78. The molecule has 0 fully saturated rings. The zero-order valence-corrected chi connectivity index (χ0v) is 14.9. The van der Waals surface area contributed by atoms with Gasteiger partial charge in [0.15, 0.2) is 11.5 Å². The van der Waals surface area contributed by atoms with Crippen molar-refractivity contribution >= 4 is 22.7 Å². The molecule has 1 aromatic heterocycles. The van der Waals surface area contributed by atoms with E-state index in [1.54, 1.807) is 32.4 Å². The van der Waals surface area contributed by atoms with Crippen LogP contribution in [-0.4, -0.2) is 24.4 Å². The van der Waals surface area contributed by atoms with E-state index in [9.17, 15) is 0 Å². The smallest absolute Gasteiger partial charge is 0.269 e. The average Bonchev–Trinajstić information content (AvgIpc) is 3.13. The summed E-state index contributed by atoms with van der Waals surface area (Å²) in [6, 6.07) is 13.4. The zero-order valence-electron chi connectivity index (χ0n) is 14.1. The molecule has 0 unspecified atom stereocenters. The molecule has 3 rings (SSSR count). The maximum atomic E-state index is 6.31. The molecule has 0 aliphatic rings. The van der Waals surface area contributed by atoms with Crippen LogP contribution in [0.2, 0.25) is 0 Å². The van der Waals surface area contributed by atoms with E-state index in [2.05, 4.69) is 10.1 Å². The van der Waals surface area contributed by atoms with Crippen LogP contribution < -0.4 is 9.47 Å². The fourth-order valence-electron chi connectivity index (χ4n) is 2.28. The van der Waals surface area contributed by atoms with Crippen LogP contribution in [0.15, 0.2) is 47.0 Å².